The molecule has 0 unspecified atom stereocenters. The van der Waals surface area contributed by atoms with Crippen LogP contribution in [0.4, 0.5) is 0 Å². The molecular weight excluding hydrogens is 368 g/mol. The van der Waals surface area contributed by atoms with E-state index in [0.717, 1.165) is 5.56 Å². The van der Waals surface area contributed by atoms with E-state index in [-0.39, 0.29) is 11.5 Å². The van der Waals surface area contributed by atoms with Crippen molar-refractivity contribution >= 4 is 17.8 Å². The fourth-order valence-electron chi connectivity index (χ4n) is 2.71. The standard InChI is InChI=1S/C24H20O5/c1-27-21-11-7-6-10-19(21)24(26)29-22-15-13-17(16-23(22)28-2)12-14-20(25)18-8-4-3-5-9-18/h3-16H,1-2H3. The van der Waals surface area contributed by atoms with Crippen LogP contribution < -0.4 is 14.2 Å². The Bertz CT molecular complexity index is 1040. The molecule has 5 nitrogen and oxygen atoms in total. The molecule has 0 aliphatic rings. The van der Waals surface area contributed by atoms with Gasteiger partial charge in [0.05, 0.1) is 14.2 Å². The van der Waals surface area contributed by atoms with E-state index in [2.05, 4.69) is 0 Å². The Morgan fingerprint density at radius 2 is 1.45 bits per heavy atom. The van der Waals surface area contributed by atoms with E-state index in [1.54, 1.807) is 60.7 Å². The van der Waals surface area contributed by atoms with Gasteiger partial charge in [0, 0.05) is 5.56 Å². The molecule has 0 N–H and O–H groups in total. The molecule has 0 aliphatic heterocycles. The number of rotatable bonds is 7. The predicted molar refractivity (Wildman–Crippen MR) is 111 cm³/mol. The van der Waals surface area contributed by atoms with E-state index in [0.29, 0.717) is 22.6 Å². The Kier molecular flexibility index (Phi) is 6.43. The predicted octanol–water partition coefficient (Wildman–Crippen LogP) is 4.82. The third kappa shape index (κ3) is 4.90. The molecule has 3 rings (SSSR count). The van der Waals surface area contributed by atoms with Crippen LogP contribution in [0.15, 0.2) is 78.9 Å². The van der Waals surface area contributed by atoms with Crippen molar-refractivity contribution < 1.29 is 23.8 Å². The van der Waals surface area contributed by atoms with Crippen LogP contribution in [-0.2, 0) is 0 Å². The third-order valence-corrected chi connectivity index (χ3v) is 4.20. The lowest BCUT2D eigenvalue weighted by molar-refractivity contribution is 0.0726. The highest BCUT2D eigenvalue weighted by molar-refractivity contribution is 6.06. The normalized spacial score (nSPS) is 10.6. The molecule has 0 heterocycles. The molecule has 0 atom stereocenters. The average molecular weight is 388 g/mol. The lowest BCUT2D eigenvalue weighted by Crippen LogP contribution is -2.10. The van der Waals surface area contributed by atoms with Crippen molar-refractivity contribution in [2.24, 2.45) is 0 Å². The lowest BCUT2D eigenvalue weighted by Gasteiger charge is -2.11. The zero-order chi connectivity index (χ0) is 20.6. The largest absolute Gasteiger partial charge is 0.496 e. The molecule has 5 heteroatoms. The number of hydrogen-bond acceptors (Lipinski definition) is 5. The van der Waals surface area contributed by atoms with Gasteiger partial charge in [-0.1, -0.05) is 54.6 Å². The number of para-hydroxylation sites is 1. The summed E-state index contributed by atoms with van der Waals surface area (Å²) in [4.78, 5) is 24.7. The van der Waals surface area contributed by atoms with Crippen LogP contribution in [0, 0.1) is 0 Å². The van der Waals surface area contributed by atoms with E-state index >= 15 is 0 Å². The van der Waals surface area contributed by atoms with Crippen LogP contribution >= 0.6 is 0 Å². The average Bonchev–Trinajstić information content (AvgIpc) is 2.78. The molecule has 0 bridgehead atoms. The van der Waals surface area contributed by atoms with Gasteiger partial charge in [-0.3, -0.25) is 4.79 Å². The molecule has 3 aromatic carbocycles. The van der Waals surface area contributed by atoms with Crippen molar-refractivity contribution in [1.82, 2.24) is 0 Å². The number of ketones is 1. The van der Waals surface area contributed by atoms with Crippen LogP contribution in [0.25, 0.3) is 6.08 Å². The highest BCUT2D eigenvalue weighted by Gasteiger charge is 2.16. The van der Waals surface area contributed by atoms with Gasteiger partial charge in [0.15, 0.2) is 17.3 Å². The number of methoxy groups -OCH3 is 2. The number of allylic oxidation sites excluding steroid dienone is 1. The highest BCUT2D eigenvalue weighted by atomic mass is 16.6. The maximum Gasteiger partial charge on any atom is 0.347 e. The number of ether oxygens (including phenoxy) is 3. The first-order chi connectivity index (χ1) is 14.1. The summed E-state index contributed by atoms with van der Waals surface area (Å²) in [5, 5.41) is 0. The minimum atomic E-state index is -0.553. The molecule has 3 aromatic rings. The molecule has 0 aromatic heterocycles. The summed E-state index contributed by atoms with van der Waals surface area (Å²) in [5.74, 6) is 0.424. The van der Waals surface area contributed by atoms with Crippen LogP contribution in [0.3, 0.4) is 0 Å². The topological polar surface area (TPSA) is 61.8 Å². The zero-order valence-corrected chi connectivity index (χ0v) is 16.1. The second-order valence-electron chi connectivity index (χ2n) is 6.06. The summed E-state index contributed by atoms with van der Waals surface area (Å²) in [6.07, 6.45) is 3.17. The highest BCUT2D eigenvalue weighted by Crippen LogP contribution is 2.30. The second-order valence-corrected chi connectivity index (χ2v) is 6.06. The number of carbonyl (C=O) groups excluding carboxylic acids is 2. The Morgan fingerprint density at radius 1 is 0.759 bits per heavy atom. The van der Waals surface area contributed by atoms with Gasteiger partial charge < -0.3 is 14.2 Å². The number of esters is 1. The SMILES string of the molecule is COc1cc(C=CC(=O)c2ccccc2)ccc1OC(=O)c1ccccc1OC. The van der Waals surface area contributed by atoms with Gasteiger partial charge in [-0.05, 0) is 35.9 Å². The van der Waals surface area contributed by atoms with Crippen molar-refractivity contribution in [2.45, 2.75) is 0 Å². The summed E-state index contributed by atoms with van der Waals surface area (Å²) in [6, 6.07) is 20.9. The molecule has 0 amide bonds. The number of benzene rings is 3. The Morgan fingerprint density at radius 3 is 2.17 bits per heavy atom. The Labute approximate surface area is 169 Å². The van der Waals surface area contributed by atoms with Gasteiger partial charge in [0.1, 0.15) is 11.3 Å². The van der Waals surface area contributed by atoms with E-state index in [4.69, 9.17) is 14.2 Å². The molecule has 0 saturated heterocycles. The number of hydrogen-bond donors (Lipinski definition) is 0. The zero-order valence-electron chi connectivity index (χ0n) is 16.1. The van der Waals surface area contributed by atoms with Crippen molar-refractivity contribution in [1.29, 1.82) is 0 Å². The molecule has 0 spiro atoms. The van der Waals surface area contributed by atoms with Crippen LogP contribution in [-0.4, -0.2) is 26.0 Å². The summed E-state index contributed by atoms with van der Waals surface area (Å²) < 4.78 is 16.0. The first kappa shape index (κ1) is 19.9. The monoisotopic (exact) mass is 388 g/mol. The van der Waals surface area contributed by atoms with Crippen molar-refractivity contribution in [3.8, 4) is 17.2 Å². The minimum absolute atomic E-state index is 0.101. The summed E-state index contributed by atoms with van der Waals surface area (Å²) >= 11 is 0. The molecule has 0 aliphatic carbocycles. The number of carbonyl (C=O) groups is 2. The minimum Gasteiger partial charge on any atom is -0.496 e. The summed E-state index contributed by atoms with van der Waals surface area (Å²) in [5.41, 5.74) is 1.66. The smallest absolute Gasteiger partial charge is 0.347 e. The quantitative estimate of drug-likeness (QED) is 0.251. The van der Waals surface area contributed by atoms with E-state index < -0.39 is 5.97 Å². The first-order valence-corrected chi connectivity index (χ1v) is 8.93. The van der Waals surface area contributed by atoms with E-state index in [9.17, 15) is 9.59 Å². The van der Waals surface area contributed by atoms with Gasteiger partial charge >= 0.3 is 5.97 Å². The molecular formula is C24H20O5. The van der Waals surface area contributed by atoms with Crippen LogP contribution in [0.5, 0.6) is 17.2 Å². The molecule has 29 heavy (non-hydrogen) atoms. The van der Waals surface area contributed by atoms with Gasteiger partial charge in [-0.2, -0.15) is 0 Å². The summed E-state index contributed by atoms with van der Waals surface area (Å²) in [6.45, 7) is 0. The first-order valence-electron chi connectivity index (χ1n) is 8.93. The Hall–Kier alpha value is -3.86. The fraction of sp³-hybridized carbons (Fsp3) is 0.0833. The molecule has 146 valence electrons. The summed E-state index contributed by atoms with van der Waals surface area (Å²) in [7, 11) is 2.98. The second kappa shape index (κ2) is 9.37. The lowest BCUT2D eigenvalue weighted by atomic mass is 10.1. The van der Waals surface area contributed by atoms with E-state index in [1.807, 2.05) is 18.2 Å². The maximum absolute atomic E-state index is 12.5. The van der Waals surface area contributed by atoms with Gasteiger partial charge in [0.2, 0.25) is 0 Å². The fourth-order valence-corrected chi connectivity index (χ4v) is 2.71. The molecule has 0 saturated carbocycles. The molecule has 0 radical (unpaired) electrons. The van der Waals surface area contributed by atoms with Crippen molar-refractivity contribution in [2.75, 3.05) is 14.2 Å². The molecule has 0 fully saturated rings. The maximum atomic E-state index is 12.5. The van der Waals surface area contributed by atoms with Crippen molar-refractivity contribution in [3.05, 3.63) is 95.6 Å². The van der Waals surface area contributed by atoms with Gasteiger partial charge in [-0.15, -0.1) is 0 Å². The van der Waals surface area contributed by atoms with Crippen LogP contribution in [0.1, 0.15) is 26.3 Å². The van der Waals surface area contributed by atoms with Gasteiger partial charge in [0.25, 0.3) is 0 Å². The Balaban J connectivity index is 1.77. The van der Waals surface area contributed by atoms with Gasteiger partial charge in [-0.25, -0.2) is 4.79 Å². The van der Waals surface area contributed by atoms with E-state index in [1.165, 1.54) is 20.3 Å². The van der Waals surface area contributed by atoms with Crippen molar-refractivity contribution in [3.63, 3.8) is 0 Å². The third-order valence-electron chi connectivity index (χ3n) is 4.20. The van der Waals surface area contributed by atoms with Crippen LogP contribution in [0.2, 0.25) is 0 Å².